The van der Waals surface area contributed by atoms with E-state index in [9.17, 15) is 9.59 Å². The number of fused-ring (bicyclic) bond motifs is 2. The van der Waals surface area contributed by atoms with Crippen molar-refractivity contribution in [2.24, 2.45) is 10.8 Å². The zero-order valence-electron chi connectivity index (χ0n) is 17.1. The van der Waals surface area contributed by atoms with E-state index in [1.807, 2.05) is 24.3 Å². The van der Waals surface area contributed by atoms with Gasteiger partial charge in [-0.3, -0.25) is 9.59 Å². The average molecular weight is 372 g/mol. The Balaban J connectivity index is 1.57. The molecule has 2 unspecified atom stereocenters. The van der Waals surface area contributed by atoms with Gasteiger partial charge in [0.1, 0.15) is 0 Å². The van der Waals surface area contributed by atoms with Crippen LogP contribution in [0.25, 0.3) is 0 Å². The third-order valence-corrected chi connectivity index (χ3v) is 6.00. The highest BCUT2D eigenvalue weighted by atomic mass is 16.2. The van der Waals surface area contributed by atoms with Gasteiger partial charge in [0.2, 0.25) is 5.91 Å². The summed E-state index contributed by atoms with van der Waals surface area (Å²) in [6.45, 7) is 8.60. The lowest BCUT2D eigenvalue weighted by molar-refractivity contribution is -0.120. The molecule has 1 aliphatic heterocycles. The summed E-state index contributed by atoms with van der Waals surface area (Å²) in [6, 6.07) is 8.12. The van der Waals surface area contributed by atoms with Gasteiger partial charge in [-0.2, -0.15) is 0 Å². The number of nitrogens with zero attached hydrogens (tertiary/aromatic N) is 1. The van der Waals surface area contributed by atoms with Gasteiger partial charge in [-0.1, -0.05) is 20.8 Å². The molecule has 2 N–H and O–H groups in total. The highest BCUT2D eigenvalue weighted by molar-refractivity contribution is 5.95. The molecule has 1 saturated heterocycles. The van der Waals surface area contributed by atoms with Gasteiger partial charge in [0.25, 0.3) is 5.91 Å². The van der Waals surface area contributed by atoms with Crippen LogP contribution < -0.4 is 10.6 Å². The maximum Gasteiger partial charge on any atom is 0.254 e. The Bertz CT molecular complexity index is 698. The van der Waals surface area contributed by atoms with E-state index in [4.69, 9.17) is 0 Å². The number of anilines is 1. The summed E-state index contributed by atoms with van der Waals surface area (Å²) in [5.74, 6) is 0.220. The van der Waals surface area contributed by atoms with Gasteiger partial charge in [0.05, 0.1) is 0 Å². The predicted molar refractivity (Wildman–Crippen MR) is 109 cm³/mol. The predicted octanol–water partition coefficient (Wildman–Crippen LogP) is 3.67. The molecule has 1 aromatic rings. The highest BCUT2D eigenvalue weighted by Crippen LogP contribution is 2.52. The second-order valence-electron chi connectivity index (χ2n) is 9.43. The lowest BCUT2D eigenvalue weighted by Crippen LogP contribution is -2.37. The Morgan fingerprint density at radius 1 is 1.15 bits per heavy atom. The lowest BCUT2D eigenvalue weighted by Gasteiger charge is -2.39. The quantitative estimate of drug-likeness (QED) is 0.750. The number of carbonyl (C=O) groups excluding carboxylic acids is 2. The Hall–Kier alpha value is -2.04. The number of hydrogen-bond donors (Lipinski definition) is 2. The average Bonchev–Trinajstić information content (AvgIpc) is 2.87. The van der Waals surface area contributed by atoms with Gasteiger partial charge in [-0.15, -0.1) is 0 Å². The van der Waals surface area contributed by atoms with Crippen LogP contribution >= 0.6 is 0 Å². The Morgan fingerprint density at radius 2 is 1.85 bits per heavy atom. The molecule has 2 bridgehead atoms. The minimum atomic E-state index is 0.0606. The normalized spacial score (nSPS) is 25.9. The molecule has 0 spiro atoms. The number of hydrogen-bond acceptors (Lipinski definition) is 3. The molecular weight excluding hydrogens is 338 g/mol. The molecule has 2 fully saturated rings. The van der Waals surface area contributed by atoms with Crippen molar-refractivity contribution in [2.75, 3.05) is 25.5 Å². The molecule has 5 heteroatoms. The number of carbonyl (C=O) groups is 2. The van der Waals surface area contributed by atoms with Crippen molar-refractivity contribution in [1.82, 2.24) is 10.2 Å². The van der Waals surface area contributed by atoms with Crippen molar-refractivity contribution < 1.29 is 9.59 Å². The Kier molecular flexibility index (Phi) is 5.50. The van der Waals surface area contributed by atoms with Crippen LogP contribution in [0, 0.1) is 10.8 Å². The minimum Gasteiger partial charge on any atom is -0.385 e. The molecule has 1 aliphatic carbocycles. The maximum absolute atomic E-state index is 13.1. The first-order valence-electron chi connectivity index (χ1n) is 10.1. The van der Waals surface area contributed by atoms with Gasteiger partial charge < -0.3 is 15.5 Å². The maximum atomic E-state index is 13.1. The fraction of sp³-hybridized carbons (Fsp3) is 0.636. The third-order valence-electron chi connectivity index (χ3n) is 6.00. The number of amides is 2. The number of likely N-dealkylation sites (tertiary alicyclic amines) is 1. The second-order valence-corrected chi connectivity index (χ2v) is 9.43. The van der Waals surface area contributed by atoms with E-state index in [2.05, 4.69) is 36.3 Å². The summed E-state index contributed by atoms with van der Waals surface area (Å²) in [6.07, 6.45) is 4.72. The smallest absolute Gasteiger partial charge is 0.254 e. The van der Waals surface area contributed by atoms with E-state index < -0.39 is 0 Å². The van der Waals surface area contributed by atoms with E-state index in [0.29, 0.717) is 17.9 Å². The van der Waals surface area contributed by atoms with E-state index >= 15 is 0 Å². The van der Waals surface area contributed by atoms with Gasteiger partial charge >= 0.3 is 0 Å². The summed E-state index contributed by atoms with van der Waals surface area (Å²) in [5, 5.41) is 5.93. The van der Waals surface area contributed by atoms with Crippen molar-refractivity contribution in [1.29, 1.82) is 0 Å². The van der Waals surface area contributed by atoms with Crippen LogP contribution in [0.1, 0.15) is 63.2 Å². The number of nitrogens with one attached hydrogen (secondary N) is 2. The SMILES string of the molecule is CNC(=O)CCCNc1ccc(C(=O)N2CC3(C)CC2CC(C)(C)C3)cc1. The van der Waals surface area contributed by atoms with Crippen LogP contribution in [0.5, 0.6) is 0 Å². The van der Waals surface area contributed by atoms with Gasteiger partial charge in [-0.05, 0) is 60.8 Å². The van der Waals surface area contributed by atoms with E-state index in [0.717, 1.165) is 43.6 Å². The summed E-state index contributed by atoms with van der Waals surface area (Å²) >= 11 is 0. The molecule has 27 heavy (non-hydrogen) atoms. The van der Waals surface area contributed by atoms with Gasteiger partial charge in [0.15, 0.2) is 0 Å². The zero-order chi connectivity index (χ0) is 19.7. The van der Waals surface area contributed by atoms with E-state index in [1.54, 1.807) is 7.05 Å². The van der Waals surface area contributed by atoms with Crippen molar-refractivity contribution in [3.63, 3.8) is 0 Å². The minimum absolute atomic E-state index is 0.0606. The monoisotopic (exact) mass is 371 g/mol. The van der Waals surface area contributed by atoms with E-state index in [-0.39, 0.29) is 17.2 Å². The van der Waals surface area contributed by atoms with Crippen LogP contribution in [0.2, 0.25) is 0 Å². The largest absolute Gasteiger partial charge is 0.385 e. The molecule has 1 aromatic carbocycles. The molecule has 1 heterocycles. The summed E-state index contributed by atoms with van der Waals surface area (Å²) in [4.78, 5) is 26.4. The van der Waals surface area contributed by atoms with Crippen molar-refractivity contribution in [3.8, 4) is 0 Å². The van der Waals surface area contributed by atoms with Crippen molar-refractivity contribution in [2.45, 2.75) is 58.9 Å². The van der Waals surface area contributed by atoms with Crippen LogP contribution in [-0.4, -0.2) is 42.9 Å². The summed E-state index contributed by atoms with van der Waals surface area (Å²) in [5.41, 5.74) is 2.32. The molecule has 1 saturated carbocycles. The summed E-state index contributed by atoms with van der Waals surface area (Å²) < 4.78 is 0. The fourth-order valence-corrected chi connectivity index (χ4v) is 5.20. The molecule has 5 nitrogen and oxygen atoms in total. The molecule has 148 valence electrons. The first kappa shape index (κ1) is 19.7. The zero-order valence-corrected chi connectivity index (χ0v) is 17.1. The first-order chi connectivity index (χ1) is 12.7. The molecular formula is C22H33N3O2. The number of rotatable bonds is 6. The van der Waals surface area contributed by atoms with Crippen LogP contribution in [-0.2, 0) is 4.79 Å². The van der Waals surface area contributed by atoms with Crippen LogP contribution in [0.4, 0.5) is 5.69 Å². The number of benzene rings is 1. The Labute approximate surface area is 162 Å². The fourth-order valence-electron chi connectivity index (χ4n) is 5.20. The van der Waals surface area contributed by atoms with Crippen LogP contribution in [0.3, 0.4) is 0 Å². The molecule has 3 rings (SSSR count). The third kappa shape index (κ3) is 4.63. The molecule has 0 aromatic heterocycles. The topological polar surface area (TPSA) is 61.4 Å². The van der Waals surface area contributed by atoms with Gasteiger partial charge in [-0.25, -0.2) is 0 Å². The molecule has 2 aliphatic rings. The standard InChI is InChI=1S/C22H33N3O2/c1-21(2)12-18-13-22(3,14-21)15-25(18)20(27)16-7-9-17(10-8-16)24-11-5-6-19(26)23-4/h7-10,18,24H,5-6,11-15H2,1-4H3,(H,23,26). The van der Waals surface area contributed by atoms with E-state index in [1.165, 1.54) is 6.42 Å². The summed E-state index contributed by atoms with van der Waals surface area (Å²) in [7, 11) is 1.65. The van der Waals surface area contributed by atoms with Crippen molar-refractivity contribution >= 4 is 17.5 Å². The molecule has 0 radical (unpaired) electrons. The first-order valence-corrected chi connectivity index (χ1v) is 10.1. The Morgan fingerprint density at radius 3 is 2.52 bits per heavy atom. The second kappa shape index (κ2) is 7.53. The van der Waals surface area contributed by atoms with Crippen LogP contribution in [0.15, 0.2) is 24.3 Å². The molecule has 2 atom stereocenters. The highest BCUT2D eigenvalue weighted by Gasteiger charge is 2.50. The van der Waals surface area contributed by atoms with Crippen molar-refractivity contribution in [3.05, 3.63) is 29.8 Å². The molecule has 2 amide bonds. The van der Waals surface area contributed by atoms with Gasteiger partial charge in [0, 0.05) is 43.9 Å². The lowest BCUT2D eigenvalue weighted by atomic mass is 9.65.